The number of hydrogen-bond donors (Lipinski definition) is 1. The van der Waals surface area contributed by atoms with Crippen molar-refractivity contribution in [3.63, 3.8) is 0 Å². The molecule has 1 aromatic rings. The van der Waals surface area contributed by atoms with Crippen molar-refractivity contribution in [2.45, 2.75) is 65.7 Å². The van der Waals surface area contributed by atoms with Gasteiger partial charge < -0.3 is 14.4 Å². The van der Waals surface area contributed by atoms with Gasteiger partial charge in [-0.2, -0.15) is 0 Å². The Labute approximate surface area is 153 Å². The van der Waals surface area contributed by atoms with E-state index in [1.807, 2.05) is 0 Å². The van der Waals surface area contributed by atoms with Crippen molar-refractivity contribution in [1.82, 2.24) is 4.90 Å². The average molecular weight is 366 g/mol. The monoisotopic (exact) mass is 366 g/mol. The highest BCUT2D eigenvalue weighted by Crippen LogP contribution is 2.27. The van der Waals surface area contributed by atoms with E-state index in [-0.39, 0.29) is 6.54 Å². The maximum Gasteiger partial charge on any atom is 0.412 e. The summed E-state index contributed by atoms with van der Waals surface area (Å²) in [5, 5.41) is 2.55. The van der Waals surface area contributed by atoms with Crippen LogP contribution in [-0.4, -0.2) is 34.8 Å². The van der Waals surface area contributed by atoms with Crippen LogP contribution in [0.25, 0.3) is 0 Å². The number of halogens is 1. The predicted octanol–water partition coefficient (Wildman–Crippen LogP) is 4.47. The summed E-state index contributed by atoms with van der Waals surface area (Å²) in [4.78, 5) is 25.5. The van der Waals surface area contributed by atoms with E-state index in [1.165, 1.54) is 11.0 Å². The molecule has 1 heterocycles. The van der Waals surface area contributed by atoms with Gasteiger partial charge >= 0.3 is 12.2 Å². The van der Waals surface area contributed by atoms with Gasteiger partial charge in [0.15, 0.2) is 0 Å². The summed E-state index contributed by atoms with van der Waals surface area (Å²) < 4.78 is 25.0. The molecule has 0 atom stereocenters. The third kappa shape index (κ3) is 5.61. The molecular weight excluding hydrogens is 339 g/mol. The molecule has 0 bridgehead atoms. The molecule has 0 spiro atoms. The SMILES string of the molecule is CC(C)(C)OC(=O)Nc1cc(F)c2c(c1)CCN(C(=O)OC(C)(C)C)C2. The van der Waals surface area contributed by atoms with Gasteiger partial charge in [0.05, 0.1) is 6.54 Å². The summed E-state index contributed by atoms with van der Waals surface area (Å²) in [5.74, 6) is -0.471. The molecule has 0 saturated carbocycles. The Morgan fingerprint density at radius 3 is 2.27 bits per heavy atom. The van der Waals surface area contributed by atoms with Crippen LogP contribution in [0.4, 0.5) is 19.7 Å². The van der Waals surface area contributed by atoms with E-state index in [2.05, 4.69) is 5.32 Å². The highest BCUT2D eigenvalue weighted by Gasteiger charge is 2.28. The largest absolute Gasteiger partial charge is 0.444 e. The standard InChI is InChI=1S/C19H27FN2O4/c1-18(2,3)25-16(23)21-13-9-12-7-8-22(11-14(12)15(20)10-13)17(24)26-19(4,5)6/h9-10H,7-8,11H2,1-6H3,(H,21,23). The smallest absolute Gasteiger partial charge is 0.412 e. The lowest BCUT2D eigenvalue weighted by atomic mass is 9.98. The third-order valence-corrected chi connectivity index (χ3v) is 3.58. The summed E-state index contributed by atoms with van der Waals surface area (Å²) >= 11 is 0. The van der Waals surface area contributed by atoms with Crippen LogP contribution in [0.3, 0.4) is 0 Å². The van der Waals surface area contributed by atoms with E-state index < -0.39 is 29.2 Å². The highest BCUT2D eigenvalue weighted by atomic mass is 19.1. The van der Waals surface area contributed by atoms with Crippen LogP contribution in [0.15, 0.2) is 12.1 Å². The van der Waals surface area contributed by atoms with Gasteiger partial charge in [0.25, 0.3) is 0 Å². The Morgan fingerprint density at radius 1 is 1.08 bits per heavy atom. The Kier molecular flexibility index (Phi) is 5.49. The van der Waals surface area contributed by atoms with E-state index in [0.717, 1.165) is 5.56 Å². The first-order valence-electron chi connectivity index (χ1n) is 8.63. The van der Waals surface area contributed by atoms with E-state index in [4.69, 9.17) is 9.47 Å². The van der Waals surface area contributed by atoms with Crippen molar-refractivity contribution in [2.75, 3.05) is 11.9 Å². The second kappa shape index (κ2) is 7.13. The second-order valence-electron chi connectivity index (χ2n) is 8.37. The fraction of sp³-hybridized carbons (Fsp3) is 0.579. The molecule has 26 heavy (non-hydrogen) atoms. The van der Waals surface area contributed by atoms with Crippen LogP contribution in [0.2, 0.25) is 0 Å². The first-order valence-corrected chi connectivity index (χ1v) is 8.63. The zero-order chi connectivity index (χ0) is 19.7. The Morgan fingerprint density at radius 2 is 1.69 bits per heavy atom. The number of nitrogens with one attached hydrogen (secondary N) is 1. The minimum atomic E-state index is -0.636. The summed E-state index contributed by atoms with van der Waals surface area (Å²) in [5.41, 5.74) is 0.302. The normalized spacial score (nSPS) is 14.5. The minimum absolute atomic E-state index is 0.142. The predicted molar refractivity (Wildman–Crippen MR) is 96.6 cm³/mol. The summed E-state index contributed by atoms with van der Waals surface area (Å²) in [7, 11) is 0. The number of ether oxygens (including phenoxy) is 2. The minimum Gasteiger partial charge on any atom is -0.444 e. The zero-order valence-electron chi connectivity index (χ0n) is 16.2. The van der Waals surface area contributed by atoms with Crippen LogP contribution < -0.4 is 5.32 Å². The lowest BCUT2D eigenvalue weighted by molar-refractivity contribution is 0.0221. The highest BCUT2D eigenvalue weighted by molar-refractivity contribution is 5.85. The molecule has 0 aliphatic carbocycles. The number of anilines is 1. The number of fused-ring (bicyclic) bond motifs is 1. The lowest BCUT2D eigenvalue weighted by Gasteiger charge is -2.31. The maximum atomic E-state index is 14.5. The molecule has 0 saturated heterocycles. The van der Waals surface area contributed by atoms with Crippen molar-refractivity contribution in [3.05, 3.63) is 29.1 Å². The lowest BCUT2D eigenvalue weighted by Crippen LogP contribution is -2.40. The third-order valence-electron chi connectivity index (χ3n) is 3.58. The van der Waals surface area contributed by atoms with Gasteiger partial charge in [-0.05, 0) is 65.7 Å². The fourth-order valence-corrected chi connectivity index (χ4v) is 2.59. The first kappa shape index (κ1) is 20.0. The molecule has 1 aromatic carbocycles. The fourth-order valence-electron chi connectivity index (χ4n) is 2.59. The quantitative estimate of drug-likeness (QED) is 0.796. The first-order chi connectivity index (χ1) is 11.8. The summed E-state index contributed by atoms with van der Waals surface area (Å²) in [6.07, 6.45) is -0.614. The van der Waals surface area contributed by atoms with E-state index in [9.17, 15) is 14.0 Å². The number of carbonyl (C=O) groups is 2. The summed E-state index contributed by atoms with van der Waals surface area (Å²) in [6.45, 7) is 11.2. The second-order valence-corrected chi connectivity index (χ2v) is 8.37. The molecule has 7 heteroatoms. The van der Waals surface area contributed by atoms with Crippen LogP contribution >= 0.6 is 0 Å². The van der Waals surface area contributed by atoms with E-state index in [1.54, 1.807) is 47.6 Å². The van der Waals surface area contributed by atoms with Gasteiger partial charge in [-0.15, -0.1) is 0 Å². The number of amides is 2. The Hall–Kier alpha value is -2.31. The summed E-state index contributed by atoms with van der Waals surface area (Å²) in [6, 6.07) is 2.95. The Balaban J connectivity index is 2.11. The van der Waals surface area contributed by atoms with Gasteiger partial charge in [0.1, 0.15) is 17.0 Å². The number of hydrogen-bond acceptors (Lipinski definition) is 4. The van der Waals surface area contributed by atoms with E-state index in [0.29, 0.717) is 24.2 Å². The van der Waals surface area contributed by atoms with Crippen LogP contribution in [-0.2, 0) is 22.4 Å². The molecule has 0 fully saturated rings. The zero-order valence-corrected chi connectivity index (χ0v) is 16.2. The van der Waals surface area contributed by atoms with Crippen LogP contribution in [0, 0.1) is 5.82 Å². The number of carbonyl (C=O) groups excluding carboxylic acids is 2. The molecule has 6 nitrogen and oxygen atoms in total. The topological polar surface area (TPSA) is 67.9 Å². The molecule has 144 valence electrons. The number of rotatable bonds is 1. The van der Waals surface area contributed by atoms with Gasteiger partial charge in [-0.25, -0.2) is 14.0 Å². The van der Waals surface area contributed by atoms with Crippen molar-refractivity contribution < 1.29 is 23.5 Å². The molecule has 0 unspecified atom stereocenters. The maximum absolute atomic E-state index is 14.5. The van der Waals surface area contributed by atoms with Crippen molar-refractivity contribution in [3.8, 4) is 0 Å². The molecule has 2 amide bonds. The van der Waals surface area contributed by atoms with Crippen LogP contribution in [0.1, 0.15) is 52.7 Å². The van der Waals surface area contributed by atoms with E-state index >= 15 is 0 Å². The van der Waals surface area contributed by atoms with Gasteiger partial charge in [-0.3, -0.25) is 5.32 Å². The molecule has 2 rings (SSSR count). The number of benzene rings is 1. The van der Waals surface area contributed by atoms with Gasteiger partial charge in [0, 0.05) is 17.8 Å². The molecule has 1 aliphatic rings. The van der Waals surface area contributed by atoms with Gasteiger partial charge in [-0.1, -0.05) is 0 Å². The molecular formula is C19H27FN2O4. The molecule has 1 aliphatic heterocycles. The van der Waals surface area contributed by atoms with Crippen LogP contribution in [0.5, 0.6) is 0 Å². The van der Waals surface area contributed by atoms with Crippen molar-refractivity contribution in [1.29, 1.82) is 0 Å². The van der Waals surface area contributed by atoms with Crippen molar-refractivity contribution >= 4 is 17.9 Å². The Bertz CT molecular complexity index is 705. The molecule has 1 N–H and O–H groups in total. The molecule has 0 radical (unpaired) electrons. The van der Waals surface area contributed by atoms with Crippen molar-refractivity contribution in [2.24, 2.45) is 0 Å². The number of nitrogens with zero attached hydrogens (tertiary/aromatic N) is 1. The molecule has 0 aromatic heterocycles. The average Bonchev–Trinajstić information content (AvgIpc) is 2.42. The van der Waals surface area contributed by atoms with Gasteiger partial charge in [0.2, 0.25) is 0 Å².